The number of nitrogens with two attached hydrogens (primary N) is 1. The molecule has 0 fully saturated rings. The average Bonchev–Trinajstić information content (AvgIpc) is 2.66. The minimum Gasteiger partial charge on any atom is -0.397 e. The van der Waals surface area contributed by atoms with Crippen molar-refractivity contribution in [2.24, 2.45) is 5.92 Å². The molecule has 0 saturated heterocycles. The fourth-order valence-electron chi connectivity index (χ4n) is 2.20. The summed E-state index contributed by atoms with van der Waals surface area (Å²) >= 11 is 1.39. The Labute approximate surface area is 117 Å². The fraction of sp³-hybridized carbons (Fsp3) is 0.429. The number of aromatic nitrogens is 1. The number of anilines is 1. The van der Waals surface area contributed by atoms with Crippen molar-refractivity contribution in [2.75, 3.05) is 5.73 Å². The first kappa shape index (κ1) is 13.8. The van der Waals surface area contributed by atoms with Crippen molar-refractivity contribution in [2.45, 2.75) is 33.2 Å². The van der Waals surface area contributed by atoms with E-state index in [1.54, 1.807) is 12.4 Å². The molecule has 2 aromatic rings. The van der Waals surface area contributed by atoms with E-state index in [1.807, 2.05) is 13.0 Å². The zero-order valence-electron chi connectivity index (χ0n) is 11.4. The third kappa shape index (κ3) is 3.04. The molecule has 0 bridgehead atoms. The summed E-state index contributed by atoms with van der Waals surface area (Å²) in [5.74, 6) is 0.464. The Morgan fingerprint density at radius 2 is 2.21 bits per heavy atom. The maximum atomic E-state index is 12.2. The van der Waals surface area contributed by atoms with Crippen LogP contribution in [0.2, 0.25) is 0 Å². The summed E-state index contributed by atoms with van der Waals surface area (Å²) in [7, 11) is 0. The summed E-state index contributed by atoms with van der Waals surface area (Å²) in [4.78, 5) is 16.9. The van der Waals surface area contributed by atoms with E-state index in [-0.39, 0.29) is 11.9 Å². The van der Waals surface area contributed by atoms with Crippen LogP contribution in [0.25, 0.3) is 10.1 Å². The van der Waals surface area contributed by atoms with Gasteiger partial charge in [-0.3, -0.25) is 9.78 Å². The maximum absolute atomic E-state index is 12.2. The van der Waals surface area contributed by atoms with Crippen LogP contribution in [0.4, 0.5) is 5.69 Å². The van der Waals surface area contributed by atoms with Crippen LogP contribution in [-0.2, 0) is 0 Å². The van der Waals surface area contributed by atoms with Crippen molar-refractivity contribution in [3.8, 4) is 0 Å². The van der Waals surface area contributed by atoms with Crippen LogP contribution in [0.3, 0.4) is 0 Å². The number of nitrogens with one attached hydrogen (secondary N) is 1. The molecule has 2 heterocycles. The molecule has 0 spiro atoms. The molecule has 1 unspecified atom stereocenters. The van der Waals surface area contributed by atoms with E-state index in [1.165, 1.54) is 11.3 Å². The first-order valence-electron chi connectivity index (χ1n) is 6.42. The summed E-state index contributed by atoms with van der Waals surface area (Å²) < 4.78 is 0.946. The molecule has 3 N–H and O–H groups in total. The second-order valence-electron chi connectivity index (χ2n) is 5.22. The molecule has 0 aliphatic carbocycles. The standard InChI is InChI=1S/C14H19N3OS/c1-8(2)6-9(3)17-14(18)13-12(15)10-4-5-16-7-11(10)19-13/h4-5,7-9H,6,15H2,1-3H3,(H,17,18). The highest BCUT2D eigenvalue weighted by Crippen LogP contribution is 2.32. The molecular formula is C14H19N3OS. The topological polar surface area (TPSA) is 68.0 Å². The maximum Gasteiger partial charge on any atom is 0.263 e. The van der Waals surface area contributed by atoms with Gasteiger partial charge in [0, 0.05) is 23.8 Å². The van der Waals surface area contributed by atoms with Gasteiger partial charge >= 0.3 is 0 Å². The number of fused-ring (bicyclic) bond motifs is 1. The Morgan fingerprint density at radius 1 is 1.47 bits per heavy atom. The number of hydrogen-bond donors (Lipinski definition) is 2. The van der Waals surface area contributed by atoms with Crippen molar-refractivity contribution in [1.29, 1.82) is 0 Å². The van der Waals surface area contributed by atoms with E-state index in [0.29, 0.717) is 16.5 Å². The smallest absolute Gasteiger partial charge is 0.263 e. The van der Waals surface area contributed by atoms with Gasteiger partial charge in [-0.25, -0.2) is 0 Å². The third-order valence-corrected chi connectivity index (χ3v) is 4.09. The van der Waals surface area contributed by atoms with Gasteiger partial charge in [-0.15, -0.1) is 11.3 Å². The lowest BCUT2D eigenvalue weighted by molar-refractivity contribution is 0.0941. The Balaban J connectivity index is 2.20. The SMILES string of the molecule is CC(C)CC(C)NC(=O)c1sc2cnccc2c1N. The fourth-order valence-corrected chi connectivity index (χ4v) is 3.19. The molecule has 0 aliphatic heterocycles. The highest BCUT2D eigenvalue weighted by atomic mass is 32.1. The largest absolute Gasteiger partial charge is 0.397 e. The lowest BCUT2D eigenvalue weighted by Crippen LogP contribution is -2.33. The highest BCUT2D eigenvalue weighted by Gasteiger charge is 2.18. The zero-order valence-corrected chi connectivity index (χ0v) is 12.3. The second kappa shape index (κ2) is 5.57. The molecule has 4 nitrogen and oxygen atoms in total. The van der Waals surface area contributed by atoms with Crippen LogP contribution in [0, 0.1) is 5.92 Å². The van der Waals surface area contributed by atoms with Crippen LogP contribution in [0.15, 0.2) is 18.5 Å². The molecule has 0 radical (unpaired) electrons. The molecule has 19 heavy (non-hydrogen) atoms. The number of rotatable bonds is 4. The lowest BCUT2D eigenvalue weighted by atomic mass is 10.1. The monoisotopic (exact) mass is 277 g/mol. The highest BCUT2D eigenvalue weighted by molar-refractivity contribution is 7.21. The van der Waals surface area contributed by atoms with E-state index < -0.39 is 0 Å². The number of carbonyl (C=O) groups excluding carboxylic acids is 1. The van der Waals surface area contributed by atoms with Crippen LogP contribution in [-0.4, -0.2) is 16.9 Å². The van der Waals surface area contributed by atoms with E-state index in [4.69, 9.17) is 5.73 Å². The number of carbonyl (C=O) groups is 1. The first-order chi connectivity index (χ1) is 8.99. The van der Waals surface area contributed by atoms with Crippen molar-refractivity contribution in [1.82, 2.24) is 10.3 Å². The van der Waals surface area contributed by atoms with E-state index >= 15 is 0 Å². The van der Waals surface area contributed by atoms with E-state index in [2.05, 4.69) is 24.1 Å². The molecule has 102 valence electrons. The quantitative estimate of drug-likeness (QED) is 0.902. The summed E-state index contributed by atoms with van der Waals surface area (Å²) in [5, 5.41) is 3.90. The Bertz CT molecular complexity index is 591. The van der Waals surface area contributed by atoms with Gasteiger partial charge in [0.2, 0.25) is 0 Å². The van der Waals surface area contributed by atoms with Crippen LogP contribution >= 0.6 is 11.3 Å². The minimum atomic E-state index is -0.0909. The van der Waals surface area contributed by atoms with Gasteiger partial charge < -0.3 is 11.1 Å². The summed E-state index contributed by atoms with van der Waals surface area (Å²) in [6, 6.07) is 1.99. The second-order valence-corrected chi connectivity index (χ2v) is 6.27. The molecule has 1 amide bonds. The minimum absolute atomic E-state index is 0.0909. The number of pyridine rings is 1. The van der Waals surface area contributed by atoms with Crippen LogP contribution < -0.4 is 11.1 Å². The first-order valence-corrected chi connectivity index (χ1v) is 7.23. The van der Waals surface area contributed by atoms with E-state index in [0.717, 1.165) is 16.5 Å². The summed E-state index contributed by atoms with van der Waals surface area (Å²) in [5.41, 5.74) is 6.59. The zero-order chi connectivity index (χ0) is 14.0. The number of hydrogen-bond acceptors (Lipinski definition) is 4. The molecule has 0 aromatic carbocycles. The number of thiophene rings is 1. The Hall–Kier alpha value is -1.62. The lowest BCUT2D eigenvalue weighted by Gasteiger charge is -2.15. The van der Waals surface area contributed by atoms with Crippen molar-refractivity contribution >= 4 is 33.0 Å². The van der Waals surface area contributed by atoms with Gasteiger partial charge in [-0.05, 0) is 25.3 Å². The third-order valence-electron chi connectivity index (χ3n) is 2.94. The van der Waals surface area contributed by atoms with E-state index in [9.17, 15) is 4.79 Å². The van der Waals surface area contributed by atoms with Crippen molar-refractivity contribution in [3.63, 3.8) is 0 Å². The molecule has 0 aliphatic rings. The van der Waals surface area contributed by atoms with Gasteiger partial charge in [0.1, 0.15) is 4.88 Å². The number of nitrogen functional groups attached to an aromatic ring is 1. The van der Waals surface area contributed by atoms with Crippen LogP contribution in [0.1, 0.15) is 36.9 Å². The van der Waals surface area contributed by atoms with Gasteiger partial charge in [0.15, 0.2) is 0 Å². The normalized spacial score (nSPS) is 12.8. The van der Waals surface area contributed by atoms with Crippen LogP contribution in [0.5, 0.6) is 0 Å². The average molecular weight is 277 g/mol. The summed E-state index contributed by atoms with van der Waals surface area (Å²) in [6.45, 7) is 6.30. The Morgan fingerprint density at radius 3 is 2.84 bits per heavy atom. The van der Waals surface area contributed by atoms with Gasteiger partial charge in [-0.1, -0.05) is 13.8 Å². The molecule has 5 heteroatoms. The van der Waals surface area contributed by atoms with Gasteiger partial charge in [0.05, 0.1) is 10.4 Å². The predicted molar refractivity (Wildman–Crippen MR) is 80.4 cm³/mol. The molecule has 2 rings (SSSR count). The van der Waals surface area contributed by atoms with Gasteiger partial charge in [0.25, 0.3) is 5.91 Å². The van der Waals surface area contributed by atoms with Crippen molar-refractivity contribution in [3.05, 3.63) is 23.3 Å². The predicted octanol–water partition coefficient (Wildman–Crippen LogP) is 3.04. The molecule has 1 atom stereocenters. The Kier molecular flexibility index (Phi) is 4.04. The molecular weight excluding hydrogens is 258 g/mol. The van der Waals surface area contributed by atoms with Gasteiger partial charge in [-0.2, -0.15) is 0 Å². The van der Waals surface area contributed by atoms with Crippen molar-refractivity contribution < 1.29 is 4.79 Å². The summed E-state index contributed by atoms with van der Waals surface area (Å²) in [6.07, 6.45) is 4.39. The molecule has 2 aromatic heterocycles. The number of nitrogens with zero attached hydrogens (tertiary/aromatic N) is 1. The number of amides is 1. The molecule has 0 saturated carbocycles.